The molecule has 3 aromatic rings. The number of rotatable bonds is 4. The molecular formula is C16H6F7O5PS. The first-order valence-corrected chi connectivity index (χ1v) is 9.89. The van der Waals surface area contributed by atoms with E-state index in [1.165, 1.54) is 0 Å². The molecule has 14 heteroatoms. The zero-order chi connectivity index (χ0) is 22.6. The summed E-state index contributed by atoms with van der Waals surface area (Å²) in [6.45, 7) is 0. The van der Waals surface area contributed by atoms with Crippen molar-refractivity contribution in [2.45, 2.75) is 5.66 Å². The second kappa shape index (κ2) is 7.34. The van der Waals surface area contributed by atoms with Crippen LogP contribution in [0, 0.1) is 29.1 Å². The Morgan fingerprint density at radius 1 is 0.933 bits per heavy atom. The van der Waals surface area contributed by atoms with Crippen LogP contribution in [-0.4, -0.2) is 15.8 Å². The summed E-state index contributed by atoms with van der Waals surface area (Å²) >= 11 is 0.555. The molecule has 1 heterocycles. The molecule has 0 saturated carbocycles. The minimum atomic E-state index is -5.86. The van der Waals surface area contributed by atoms with Gasteiger partial charge in [-0.1, -0.05) is 6.07 Å². The van der Waals surface area contributed by atoms with Gasteiger partial charge in [0.2, 0.25) is 34.8 Å². The highest BCUT2D eigenvalue weighted by Crippen LogP contribution is 2.59. The fourth-order valence-corrected chi connectivity index (χ4v) is 3.71. The van der Waals surface area contributed by atoms with E-state index >= 15 is 0 Å². The highest BCUT2D eigenvalue weighted by molar-refractivity contribution is 7.52. The van der Waals surface area contributed by atoms with Crippen LogP contribution in [0.15, 0.2) is 24.3 Å². The lowest BCUT2D eigenvalue weighted by atomic mass is 10.1. The number of ether oxygens (including phenoxy) is 1. The fourth-order valence-electron chi connectivity index (χ4n) is 2.32. The molecule has 0 fully saturated rings. The van der Waals surface area contributed by atoms with Crippen molar-refractivity contribution in [2.24, 2.45) is 0 Å². The first kappa shape index (κ1) is 22.2. The minimum Gasteiger partial charge on any atom is -0.416 e. The van der Waals surface area contributed by atoms with Gasteiger partial charge in [-0.15, -0.1) is 11.3 Å². The van der Waals surface area contributed by atoms with Gasteiger partial charge in [0.05, 0.1) is 0 Å². The summed E-state index contributed by atoms with van der Waals surface area (Å²) in [6.07, 6.45) is 0. The van der Waals surface area contributed by atoms with E-state index in [0.717, 1.165) is 12.1 Å². The summed E-state index contributed by atoms with van der Waals surface area (Å²) in [4.78, 5) is 29.2. The second-order valence-corrected chi connectivity index (χ2v) is 8.47. The second-order valence-electron chi connectivity index (χ2n) is 5.74. The first-order valence-electron chi connectivity index (χ1n) is 7.47. The van der Waals surface area contributed by atoms with Crippen LogP contribution in [0.2, 0.25) is 0 Å². The molecule has 0 unspecified atom stereocenters. The van der Waals surface area contributed by atoms with Gasteiger partial charge in [0.25, 0.3) is 0 Å². The molecule has 0 saturated heterocycles. The van der Waals surface area contributed by atoms with Crippen molar-refractivity contribution in [3.63, 3.8) is 0 Å². The van der Waals surface area contributed by atoms with Crippen molar-refractivity contribution in [3.05, 3.63) is 63.8 Å². The quantitative estimate of drug-likeness (QED) is 0.138. The highest BCUT2D eigenvalue weighted by Gasteiger charge is 2.50. The van der Waals surface area contributed by atoms with E-state index < -0.39 is 64.5 Å². The van der Waals surface area contributed by atoms with Gasteiger partial charge in [-0.3, -0.25) is 4.57 Å². The first-order chi connectivity index (χ1) is 13.8. The van der Waals surface area contributed by atoms with Gasteiger partial charge in [-0.2, -0.15) is 17.6 Å². The summed E-state index contributed by atoms with van der Waals surface area (Å²) in [6, 6.07) is 3.24. The molecule has 3 rings (SSSR count). The lowest BCUT2D eigenvalue weighted by Gasteiger charge is -2.17. The number of alkyl halides is 2. The predicted molar refractivity (Wildman–Crippen MR) is 89.0 cm³/mol. The Morgan fingerprint density at radius 2 is 1.47 bits per heavy atom. The van der Waals surface area contributed by atoms with Crippen LogP contribution in [0.1, 0.15) is 15.2 Å². The average Bonchev–Trinajstić information content (AvgIpc) is 3.10. The number of carbonyl (C=O) groups is 1. The van der Waals surface area contributed by atoms with Crippen molar-refractivity contribution in [2.75, 3.05) is 0 Å². The van der Waals surface area contributed by atoms with Crippen molar-refractivity contribution in [1.29, 1.82) is 0 Å². The van der Waals surface area contributed by atoms with Gasteiger partial charge in [-0.25, -0.2) is 18.0 Å². The van der Waals surface area contributed by atoms with Gasteiger partial charge < -0.3 is 14.5 Å². The van der Waals surface area contributed by atoms with Gasteiger partial charge >= 0.3 is 19.2 Å². The number of hydrogen-bond acceptors (Lipinski definition) is 4. The number of hydrogen-bond donors (Lipinski definition) is 2. The van der Waals surface area contributed by atoms with Gasteiger partial charge in [0.1, 0.15) is 4.88 Å². The molecule has 0 spiro atoms. The molecule has 160 valence electrons. The SMILES string of the molecule is O=C(Oc1c(F)c(F)c(F)c(F)c1F)c1cc2cc(C(F)(F)P(=O)(O)O)ccc2s1. The molecule has 2 N–H and O–H groups in total. The van der Waals surface area contributed by atoms with E-state index in [0.29, 0.717) is 23.5 Å². The molecule has 0 aliphatic heterocycles. The minimum absolute atomic E-state index is 0.116. The number of halogens is 7. The Kier molecular flexibility index (Phi) is 5.44. The summed E-state index contributed by atoms with van der Waals surface area (Å²) in [5, 5.41) is -0.116. The molecule has 0 aliphatic rings. The molecule has 0 aliphatic carbocycles. The van der Waals surface area contributed by atoms with E-state index in [1.807, 2.05) is 0 Å². The maximum atomic E-state index is 13.8. The van der Waals surface area contributed by atoms with Crippen molar-refractivity contribution in [1.82, 2.24) is 0 Å². The van der Waals surface area contributed by atoms with Crippen molar-refractivity contribution in [3.8, 4) is 5.75 Å². The van der Waals surface area contributed by atoms with Crippen LogP contribution in [0.3, 0.4) is 0 Å². The molecule has 0 amide bonds. The summed E-state index contributed by atoms with van der Waals surface area (Å²) in [5.41, 5.74) is -5.60. The highest BCUT2D eigenvalue weighted by atomic mass is 32.1. The lowest BCUT2D eigenvalue weighted by molar-refractivity contribution is 0.0566. The number of carbonyl (C=O) groups excluding carboxylic acids is 1. The van der Waals surface area contributed by atoms with Crippen LogP contribution in [0.25, 0.3) is 10.1 Å². The molecule has 5 nitrogen and oxygen atoms in total. The van der Waals surface area contributed by atoms with Crippen LogP contribution in [0.5, 0.6) is 5.75 Å². The number of esters is 1. The van der Waals surface area contributed by atoms with Crippen molar-refractivity contribution >= 4 is 35.0 Å². The van der Waals surface area contributed by atoms with E-state index in [1.54, 1.807) is 0 Å². The van der Waals surface area contributed by atoms with Gasteiger partial charge in [0.15, 0.2) is 0 Å². The van der Waals surface area contributed by atoms with Crippen molar-refractivity contribution < 1.29 is 54.6 Å². The molecule has 0 atom stereocenters. The smallest absolute Gasteiger partial charge is 0.399 e. The molecule has 0 radical (unpaired) electrons. The lowest BCUT2D eigenvalue weighted by Crippen LogP contribution is -2.13. The Morgan fingerprint density at radius 3 is 2.00 bits per heavy atom. The van der Waals surface area contributed by atoms with Crippen LogP contribution in [-0.2, 0) is 10.2 Å². The summed E-state index contributed by atoms with van der Waals surface area (Å²) < 4.78 is 110. The van der Waals surface area contributed by atoms with E-state index in [-0.39, 0.29) is 10.1 Å². The number of thiophene rings is 1. The third-order valence-electron chi connectivity index (χ3n) is 3.79. The zero-order valence-corrected chi connectivity index (χ0v) is 15.6. The van der Waals surface area contributed by atoms with Crippen LogP contribution >= 0.6 is 18.9 Å². The Hall–Kier alpha value is -2.47. The topological polar surface area (TPSA) is 83.8 Å². The summed E-state index contributed by atoms with van der Waals surface area (Å²) in [7, 11) is -5.86. The van der Waals surface area contributed by atoms with E-state index in [2.05, 4.69) is 4.74 Å². The van der Waals surface area contributed by atoms with Crippen LogP contribution in [0.4, 0.5) is 30.7 Å². The Labute approximate surface area is 165 Å². The molecule has 2 aromatic carbocycles. The number of fused-ring (bicyclic) bond motifs is 1. The molecular weight excluding hydrogens is 468 g/mol. The fraction of sp³-hybridized carbons (Fsp3) is 0.0625. The Bertz CT molecular complexity index is 1210. The molecule has 30 heavy (non-hydrogen) atoms. The molecule has 1 aromatic heterocycles. The van der Waals surface area contributed by atoms with Crippen LogP contribution < -0.4 is 4.74 Å². The maximum Gasteiger partial charge on any atom is 0.399 e. The largest absolute Gasteiger partial charge is 0.416 e. The number of benzene rings is 2. The maximum absolute atomic E-state index is 13.8. The van der Waals surface area contributed by atoms with E-state index in [9.17, 15) is 40.1 Å². The Balaban J connectivity index is 1.99. The average molecular weight is 474 g/mol. The monoisotopic (exact) mass is 474 g/mol. The zero-order valence-electron chi connectivity index (χ0n) is 13.9. The van der Waals surface area contributed by atoms with Gasteiger partial charge in [-0.05, 0) is 23.6 Å². The molecule has 0 bridgehead atoms. The third-order valence-corrected chi connectivity index (χ3v) is 5.88. The van der Waals surface area contributed by atoms with E-state index in [4.69, 9.17) is 9.79 Å². The normalized spacial score (nSPS) is 12.4. The van der Waals surface area contributed by atoms with Gasteiger partial charge in [0, 0.05) is 10.3 Å². The summed E-state index contributed by atoms with van der Waals surface area (Å²) in [5.74, 6) is -15.3. The third kappa shape index (κ3) is 3.58. The standard InChI is InChI=1S/C16H6F7O5PS/c17-9-10(18)12(20)14(13(21)11(9)19)28-15(24)8-4-5-3-6(1-2-7(5)30-8)16(22,23)29(25,26)27/h1-4H,(H2,25,26,27). The predicted octanol–water partition coefficient (Wildman–Crippen LogP) is 5.04.